The molecule has 1 atom stereocenters. The highest BCUT2D eigenvalue weighted by Gasteiger charge is 2.07. The standard InChI is InChI=1S/C20H26N2O4/c1-15(6-7-16-8-10-17(23)11-9-16)22-20(24)21-12-13-26-19-5-3-4-18(14-19)25-2/h3-5,8-11,14-15,23H,6-7,12-13H2,1-2H3,(H2,21,22,24). The number of carbonyl (C=O) groups is 1. The molecule has 1 unspecified atom stereocenters. The molecule has 0 aromatic heterocycles. The number of aromatic hydroxyl groups is 1. The summed E-state index contributed by atoms with van der Waals surface area (Å²) in [5, 5.41) is 15.0. The van der Waals surface area contributed by atoms with E-state index in [1.807, 2.05) is 37.3 Å². The Bertz CT molecular complexity index is 688. The summed E-state index contributed by atoms with van der Waals surface area (Å²) in [6.07, 6.45) is 1.65. The summed E-state index contributed by atoms with van der Waals surface area (Å²) in [5.41, 5.74) is 1.13. The van der Waals surface area contributed by atoms with E-state index in [4.69, 9.17) is 9.47 Å². The van der Waals surface area contributed by atoms with E-state index in [1.165, 1.54) is 0 Å². The molecule has 26 heavy (non-hydrogen) atoms. The molecule has 2 aromatic carbocycles. The molecule has 0 heterocycles. The summed E-state index contributed by atoms with van der Waals surface area (Å²) in [6.45, 7) is 2.75. The fraction of sp³-hybridized carbons (Fsp3) is 0.350. The third kappa shape index (κ3) is 6.93. The largest absolute Gasteiger partial charge is 0.508 e. The molecule has 0 spiro atoms. The van der Waals surface area contributed by atoms with Crippen molar-refractivity contribution in [2.24, 2.45) is 0 Å². The third-order valence-corrected chi connectivity index (χ3v) is 3.88. The first-order valence-electron chi connectivity index (χ1n) is 8.66. The molecule has 0 saturated carbocycles. The number of methoxy groups -OCH3 is 1. The summed E-state index contributed by atoms with van der Waals surface area (Å²) in [6, 6.07) is 14.3. The van der Waals surface area contributed by atoms with Crippen molar-refractivity contribution in [2.45, 2.75) is 25.8 Å². The number of phenols is 1. The number of rotatable bonds is 9. The Balaban J connectivity index is 1.61. The van der Waals surface area contributed by atoms with E-state index >= 15 is 0 Å². The molecule has 0 aliphatic carbocycles. The van der Waals surface area contributed by atoms with Crippen LogP contribution in [0.15, 0.2) is 48.5 Å². The minimum atomic E-state index is -0.211. The zero-order valence-corrected chi connectivity index (χ0v) is 15.2. The molecule has 6 heteroatoms. The quantitative estimate of drug-likeness (QED) is 0.602. The van der Waals surface area contributed by atoms with Gasteiger partial charge in [0.25, 0.3) is 0 Å². The van der Waals surface area contributed by atoms with E-state index in [0.29, 0.717) is 18.9 Å². The maximum atomic E-state index is 11.9. The van der Waals surface area contributed by atoms with Gasteiger partial charge in [0.1, 0.15) is 23.9 Å². The van der Waals surface area contributed by atoms with Crippen LogP contribution < -0.4 is 20.1 Å². The van der Waals surface area contributed by atoms with Crippen LogP contribution in [0.2, 0.25) is 0 Å². The first kappa shape index (κ1) is 19.4. The van der Waals surface area contributed by atoms with Crippen molar-refractivity contribution < 1.29 is 19.4 Å². The van der Waals surface area contributed by atoms with Gasteiger partial charge in [-0.15, -0.1) is 0 Å². The van der Waals surface area contributed by atoms with Crippen LogP contribution in [0.25, 0.3) is 0 Å². The lowest BCUT2D eigenvalue weighted by molar-refractivity contribution is 0.233. The smallest absolute Gasteiger partial charge is 0.315 e. The number of amides is 2. The third-order valence-electron chi connectivity index (χ3n) is 3.88. The van der Waals surface area contributed by atoms with E-state index in [-0.39, 0.29) is 17.8 Å². The summed E-state index contributed by atoms with van der Waals surface area (Å²) < 4.78 is 10.7. The van der Waals surface area contributed by atoms with Crippen LogP contribution >= 0.6 is 0 Å². The number of phenolic OH excluding ortho intramolecular Hbond substituents is 1. The van der Waals surface area contributed by atoms with Gasteiger partial charge in [-0.3, -0.25) is 0 Å². The van der Waals surface area contributed by atoms with Crippen LogP contribution in [0.1, 0.15) is 18.9 Å². The van der Waals surface area contributed by atoms with Crippen molar-refractivity contribution >= 4 is 6.03 Å². The van der Waals surface area contributed by atoms with Crippen LogP contribution in [0.3, 0.4) is 0 Å². The van der Waals surface area contributed by atoms with Crippen molar-refractivity contribution in [3.05, 3.63) is 54.1 Å². The molecule has 3 N–H and O–H groups in total. The molecule has 2 aromatic rings. The lowest BCUT2D eigenvalue weighted by Crippen LogP contribution is -2.42. The summed E-state index contributed by atoms with van der Waals surface area (Å²) in [7, 11) is 1.60. The molecule has 140 valence electrons. The maximum absolute atomic E-state index is 11.9. The van der Waals surface area contributed by atoms with Gasteiger partial charge < -0.3 is 25.2 Å². The second-order valence-corrected chi connectivity index (χ2v) is 6.03. The molecule has 2 amide bonds. The monoisotopic (exact) mass is 358 g/mol. The molecule has 0 radical (unpaired) electrons. The fourth-order valence-corrected chi connectivity index (χ4v) is 2.42. The average Bonchev–Trinajstić information content (AvgIpc) is 2.65. The zero-order chi connectivity index (χ0) is 18.8. The Morgan fingerprint density at radius 1 is 1.15 bits per heavy atom. The van der Waals surface area contributed by atoms with Crippen LogP contribution in [-0.2, 0) is 6.42 Å². The Morgan fingerprint density at radius 3 is 2.62 bits per heavy atom. The first-order chi connectivity index (χ1) is 12.6. The number of carbonyl (C=O) groups excluding carboxylic acids is 1. The highest BCUT2D eigenvalue weighted by molar-refractivity contribution is 5.74. The van der Waals surface area contributed by atoms with Crippen molar-refractivity contribution in [3.63, 3.8) is 0 Å². The Kier molecular flexibility index (Phi) is 7.61. The van der Waals surface area contributed by atoms with Gasteiger partial charge in [-0.1, -0.05) is 18.2 Å². The zero-order valence-electron chi connectivity index (χ0n) is 15.2. The van der Waals surface area contributed by atoms with Crippen molar-refractivity contribution in [1.82, 2.24) is 10.6 Å². The highest BCUT2D eigenvalue weighted by atomic mass is 16.5. The second-order valence-electron chi connectivity index (χ2n) is 6.03. The number of ether oxygens (including phenoxy) is 2. The number of benzene rings is 2. The van der Waals surface area contributed by atoms with Gasteiger partial charge in [0.05, 0.1) is 13.7 Å². The molecule has 0 aliphatic rings. The minimum absolute atomic E-state index is 0.0445. The molecular weight excluding hydrogens is 332 g/mol. The molecule has 0 saturated heterocycles. The van der Waals surface area contributed by atoms with Gasteiger partial charge in [0, 0.05) is 12.1 Å². The summed E-state index contributed by atoms with van der Waals surface area (Å²) >= 11 is 0. The van der Waals surface area contributed by atoms with Crippen molar-refractivity contribution in [2.75, 3.05) is 20.3 Å². The van der Waals surface area contributed by atoms with Crippen LogP contribution in [0.5, 0.6) is 17.2 Å². The van der Waals surface area contributed by atoms with Gasteiger partial charge in [-0.25, -0.2) is 4.79 Å². The molecule has 0 bridgehead atoms. The van der Waals surface area contributed by atoms with Gasteiger partial charge in [-0.2, -0.15) is 0 Å². The first-order valence-corrected chi connectivity index (χ1v) is 8.66. The number of aryl methyl sites for hydroxylation is 1. The van der Waals surface area contributed by atoms with Gasteiger partial charge in [0.15, 0.2) is 0 Å². The predicted octanol–water partition coefficient (Wildman–Crippen LogP) is 3.10. The van der Waals surface area contributed by atoms with Crippen LogP contribution in [-0.4, -0.2) is 37.4 Å². The second kappa shape index (κ2) is 10.2. The molecule has 0 fully saturated rings. The van der Waals surface area contributed by atoms with Crippen molar-refractivity contribution in [3.8, 4) is 17.2 Å². The minimum Gasteiger partial charge on any atom is -0.508 e. The highest BCUT2D eigenvalue weighted by Crippen LogP contribution is 2.18. The van der Waals surface area contributed by atoms with Gasteiger partial charge in [-0.05, 0) is 49.6 Å². The lowest BCUT2D eigenvalue weighted by atomic mass is 10.1. The maximum Gasteiger partial charge on any atom is 0.315 e. The Hall–Kier alpha value is -2.89. The van der Waals surface area contributed by atoms with E-state index in [1.54, 1.807) is 25.3 Å². The number of hydrogen-bond donors (Lipinski definition) is 3. The number of urea groups is 1. The lowest BCUT2D eigenvalue weighted by Gasteiger charge is -2.15. The summed E-state index contributed by atoms with van der Waals surface area (Å²) in [5.74, 6) is 1.69. The van der Waals surface area contributed by atoms with E-state index in [9.17, 15) is 9.90 Å². The number of hydrogen-bond acceptors (Lipinski definition) is 4. The normalized spacial score (nSPS) is 11.5. The summed E-state index contributed by atoms with van der Waals surface area (Å²) in [4.78, 5) is 11.9. The van der Waals surface area contributed by atoms with E-state index < -0.39 is 0 Å². The fourth-order valence-electron chi connectivity index (χ4n) is 2.42. The van der Waals surface area contributed by atoms with E-state index in [2.05, 4.69) is 10.6 Å². The molecule has 0 aliphatic heterocycles. The molecular formula is C20H26N2O4. The Morgan fingerprint density at radius 2 is 1.88 bits per heavy atom. The molecule has 2 rings (SSSR count). The van der Waals surface area contributed by atoms with Crippen molar-refractivity contribution in [1.29, 1.82) is 0 Å². The Labute approximate surface area is 154 Å². The predicted molar refractivity (Wildman–Crippen MR) is 101 cm³/mol. The van der Waals surface area contributed by atoms with Gasteiger partial charge >= 0.3 is 6.03 Å². The molecule has 6 nitrogen and oxygen atoms in total. The topological polar surface area (TPSA) is 79.8 Å². The van der Waals surface area contributed by atoms with Crippen LogP contribution in [0, 0.1) is 0 Å². The SMILES string of the molecule is COc1cccc(OCCNC(=O)NC(C)CCc2ccc(O)cc2)c1. The van der Waals surface area contributed by atoms with Crippen LogP contribution in [0.4, 0.5) is 4.79 Å². The van der Waals surface area contributed by atoms with Gasteiger partial charge in [0.2, 0.25) is 0 Å². The van der Waals surface area contributed by atoms with E-state index in [0.717, 1.165) is 24.2 Å². The number of nitrogens with one attached hydrogen (secondary N) is 2. The average molecular weight is 358 g/mol.